The highest BCUT2D eigenvalue weighted by Crippen LogP contribution is 2.44. The molecule has 418 valence electrons. The Morgan fingerprint density at radius 3 is 1.79 bits per heavy atom. The molecule has 1 aliphatic heterocycles. The van der Waals surface area contributed by atoms with Crippen molar-refractivity contribution in [1.29, 1.82) is 0 Å². The van der Waals surface area contributed by atoms with Crippen LogP contribution in [0.5, 0.6) is 0 Å². The van der Waals surface area contributed by atoms with Crippen LogP contribution in [0.3, 0.4) is 0 Å². The van der Waals surface area contributed by atoms with Crippen LogP contribution in [-0.4, -0.2) is 169 Å². The van der Waals surface area contributed by atoms with E-state index in [2.05, 4.69) is 37.2 Å². The molecule has 1 unspecified atom stereocenters. The Labute approximate surface area is 447 Å². The van der Waals surface area contributed by atoms with Crippen LogP contribution >= 0.6 is 0 Å². The van der Waals surface area contributed by atoms with Gasteiger partial charge in [-0.05, 0) is 46.7 Å². The Morgan fingerprint density at radius 1 is 0.615 bits per heavy atom. The first-order valence-corrected chi connectivity index (χ1v) is 25.0. The number of halogens is 1. The maximum absolute atomic E-state index is 14.9. The zero-order chi connectivity index (χ0) is 56.2. The summed E-state index contributed by atoms with van der Waals surface area (Å²) in [6.07, 6.45) is -9.13. The molecule has 1 heterocycles. The van der Waals surface area contributed by atoms with Crippen molar-refractivity contribution in [2.45, 2.75) is 87.0 Å². The maximum atomic E-state index is 14.9. The third kappa shape index (κ3) is 17.3. The van der Waals surface area contributed by atoms with Crippen LogP contribution in [0.1, 0.15) is 47.9 Å². The fraction of sp³-hybridized carbons (Fsp3) is 0.407. The fourth-order valence-corrected chi connectivity index (χ4v) is 8.47. The highest BCUT2D eigenvalue weighted by molar-refractivity contribution is 5.94. The summed E-state index contributed by atoms with van der Waals surface area (Å²) in [6, 6.07) is 29.8. The number of ether oxygens (including phenoxy) is 4. The van der Waals surface area contributed by atoms with Gasteiger partial charge in [-0.1, -0.05) is 109 Å². The minimum absolute atomic E-state index is 0.0353. The molecule has 1 fully saturated rings. The van der Waals surface area contributed by atoms with E-state index < -0.39 is 142 Å². The molecule has 0 radical (unpaired) electrons. The minimum Gasteiger partial charge on any atom is -0.458 e. The molecule has 1 saturated heterocycles. The van der Waals surface area contributed by atoms with E-state index in [-0.39, 0.29) is 38.5 Å². The van der Waals surface area contributed by atoms with Gasteiger partial charge >= 0.3 is 12.1 Å². The summed E-state index contributed by atoms with van der Waals surface area (Å²) >= 11 is 0. The van der Waals surface area contributed by atoms with Gasteiger partial charge in [0.2, 0.25) is 41.1 Å². The first kappa shape index (κ1) is 59.4. The van der Waals surface area contributed by atoms with Gasteiger partial charge in [-0.2, -0.15) is 0 Å². The molecule has 8 atom stereocenters. The molecule has 6 rings (SSSR count). The van der Waals surface area contributed by atoms with Gasteiger partial charge in [-0.15, -0.1) is 0 Å². The van der Waals surface area contributed by atoms with Crippen LogP contribution in [0.25, 0.3) is 11.1 Å². The molecule has 24 heteroatoms. The molecule has 7 amide bonds. The second-order valence-corrected chi connectivity index (χ2v) is 18.6. The minimum atomic E-state index is -2.53. The number of hydrogen-bond donors (Lipinski definition) is 11. The first-order valence-electron chi connectivity index (χ1n) is 25.0. The average molecular weight is 1090 g/mol. The summed E-state index contributed by atoms with van der Waals surface area (Å²) in [6.45, 7) is -3.58. The standard InChI is InChI=1S/C54H64FN7O16/c1-54(55,52(73)76-28-33-14-6-3-7-15-33)30-75-31-60-45(66)25-59-51(72)40(22-32-12-4-2-5-13-32)61-46(67)26-57-44(65)24-58-50(71)39(20-21-43(64)56-23-41-47(68)49(70)48(69)42(27-63)78-41)62-53(74)77-29-38-36-18-10-8-16-34(36)35-17-9-11-19-37(35)38/h2-19,38-42,47-49,63,68-70H,20-31H2,1H3,(H,56,64)(H,57,65)(H,58,71)(H,59,72)(H,60,66)(H,61,67)(H,62,74)/t39-,40-,41-,42+,47-,48+,49+,54?/m0/s1. The summed E-state index contributed by atoms with van der Waals surface area (Å²) < 4.78 is 36.2. The van der Waals surface area contributed by atoms with E-state index in [9.17, 15) is 63.2 Å². The zero-order valence-electron chi connectivity index (χ0n) is 42.6. The number of amides is 7. The topological polar surface area (TPSA) is 339 Å². The number of carbonyl (C=O) groups is 8. The molecule has 0 spiro atoms. The lowest BCUT2D eigenvalue weighted by Gasteiger charge is -2.40. The Bertz CT molecular complexity index is 2660. The summed E-state index contributed by atoms with van der Waals surface area (Å²) in [5, 5.41) is 57.0. The van der Waals surface area contributed by atoms with E-state index in [1.807, 2.05) is 48.5 Å². The largest absolute Gasteiger partial charge is 0.458 e. The van der Waals surface area contributed by atoms with E-state index in [0.29, 0.717) is 11.1 Å². The van der Waals surface area contributed by atoms with Crippen LogP contribution in [0, 0.1) is 0 Å². The molecular weight excluding hydrogens is 1020 g/mol. The number of nitrogens with one attached hydrogen (secondary N) is 7. The molecule has 1 aliphatic carbocycles. The van der Waals surface area contributed by atoms with Crippen LogP contribution in [0.15, 0.2) is 109 Å². The second kappa shape index (κ2) is 29.0. The van der Waals surface area contributed by atoms with E-state index in [1.165, 1.54) is 0 Å². The van der Waals surface area contributed by atoms with Gasteiger partial charge in [-0.25, -0.2) is 14.0 Å². The Morgan fingerprint density at radius 2 is 1.17 bits per heavy atom. The Balaban J connectivity index is 0.977. The Hall–Kier alpha value is -7.87. The number of hydrogen-bond acceptors (Lipinski definition) is 16. The van der Waals surface area contributed by atoms with Gasteiger partial charge in [0.15, 0.2) is 0 Å². The molecule has 4 aromatic rings. The quantitative estimate of drug-likeness (QED) is 0.0199. The number of alkyl carbamates (subject to hydrolysis) is 1. The summed E-state index contributed by atoms with van der Waals surface area (Å²) in [4.78, 5) is 104. The molecule has 4 aromatic carbocycles. The predicted molar refractivity (Wildman–Crippen MR) is 274 cm³/mol. The van der Waals surface area contributed by atoms with Crippen molar-refractivity contribution >= 4 is 47.5 Å². The molecular formula is C54H64FN7O16. The molecule has 0 aromatic heterocycles. The van der Waals surface area contributed by atoms with Gasteiger partial charge in [0.05, 0.1) is 32.8 Å². The van der Waals surface area contributed by atoms with Gasteiger partial charge < -0.3 is 76.6 Å². The third-order valence-corrected chi connectivity index (χ3v) is 12.7. The second-order valence-electron chi connectivity index (χ2n) is 18.6. The third-order valence-electron chi connectivity index (χ3n) is 12.7. The maximum Gasteiger partial charge on any atom is 0.407 e. The van der Waals surface area contributed by atoms with Crippen molar-refractivity contribution in [2.75, 3.05) is 52.7 Å². The van der Waals surface area contributed by atoms with Crippen LogP contribution in [0.4, 0.5) is 9.18 Å². The predicted octanol–water partition coefficient (Wildman–Crippen LogP) is -0.730. The summed E-state index contributed by atoms with van der Waals surface area (Å²) in [5.41, 5.74) is 2.57. The number of aliphatic hydroxyl groups excluding tert-OH is 4. The molecule has 23 nitrogen and oxygen atoms in total. The molecule has 0 saturated carbocycles. The number of benzene rings is 4. The summed E-state index contributed by atoms with van der Waals surface area (Å²) in [7, 11) is 0. The molecule has 0 bridgehead atoms. The SMILES string of the molecule is CC(F)(COCNC(=O)CNC(=O)[C@H](Cc1ccccc1)NC(=O)CNC(=O)CNC(=O)[C@H](CCC(=O)NC[C@@H]1O[C@H](CO)[C@@H](O)[C@H](O)[C@H]1O)NC(=O)OCC1c2ccccc2-c2ccccc21)C(=O)OCc1ccccc1. The monoisotopic (exact) mass is 1090 g/mol. The van der Waals surface area contributed by atoms with Crippen molar-refractivity contribution in [3.8, 4) is 11.1 Å². The van der Waals surface area contributed by atoms with Gasteiger partial charge in [0, 0.05) is 25.3 Å². The average Bonchev–Trinajstić information content (AvgIpc) is 3.86. The highest BCUT2D eigenvalue weighted by Gasteiger charge is 2.43. The highest BCUT2D eigenvalue weighted by atomic mass is 19.1. The van der Waals surface area contributed by atoms with E-state index in [1.54, 1.807) is 60.7 Å². The van der Waals surface area contributed by atoms with Gasteiger partial charge in [0.1, 0.15) is 62.5 Å². The lowest BCUT2D eigenvalue weighted by Crippen LogP contribution is -2.60. The summed E-state index contributed by atoms with van der Waals surface area (Å²) in [5.74, 6) is -6.32. The zero-order valence-corrected chi connectivity index (χ0v) is 42.6. The van der Waals surface area contributed by atoms with Gasteiger partial charge in [-0.3, -0.25) is 28.8 Å². The smallest absolute Gasteiger partial charge is 0.407 e. The number of alkyl halides is 1. The number of esters is 1. The van der Waals surface area contributed by atoms with Crippen molar-refractivity contribution in [1.82, 2.24) is 37.2 Å². The van der Waals surface area contributed by atoms with Crippen molar-refractivity contribution in [3.63, 3.8) is 0 Å². The normalized spacial score (nSPS) is 19.0. The van der Waals surface area contributed by atoms with Crippen LogP contribution < -0.4 is 37.2 Å². The number of carbonyl (C=O) groups excluding carboxylic acids is 8. The van der Waals surface area contributed by atoms with Crippen molar-refractivity contribution < 1.29 is 82.1 Å². The lowest BCUT2D eigenvalue weighted by molar-refractivity contribution is -0.227. The molecule has 2 aliphatic rings. The van der Waals surface area contributed by atoms with Crippen molar-refractivity contribution in [3.05, 3.63) is 131 Å². The molecule has 11 N–H and O–H groups in total. The van der Waals surface area contributed by atoms with E-state index in [0.717, 1.165) is 29.2 Å². The lowest BCUT2D eigenvalue weighted by atomic mass is 9.95. The van der Waals surface area contributed by atoms with Crippen molar-refractivity contribution in [2.24, 2.45) is 0 Å². The van der Waals surface area contributed by atoms with Crippen LogP contribution in [-0.2, 0) is 65.5 Å². The van der Waals surface area contributed by atoms with Crippen LogP contribution in [0.2, 0.25) is 0 Å². The molecule has 78 heavy (non-hydrogen) atoms. The van der Waals surface area contributed by atoms with Gasteiger partial charge in [0.25, 0.3) is 0 Å². The number of rotatable bonds is 27. The first-order chi connectivity index (χ1) is 37.4. The number of fused-ring (bicyclic) bond motifs is 3. The number of aliphatic hydroxyl groups is 4. The van der Waals surface area contributed by atoms with E-state index >= 15 is 0 Å². The fourth-order valence-electron chi connectivity index (χ4n) is 8.47. The van der Waals surface area contributed by atoms with E-state index in [4.69, 9.17) is 18.9 Å². The Kier molecular flexibility index (Phi) is 22.1.